The van der Waals surface area contributed by atoms with E-state index in [0.717, 1.165) is 29.7 Å². The van der Waals surface area contributed by atoms with Crippen LogP contribution in [0.25, 0.3) is 0 Å². The fraction of sp³-hybridized carbons (Fsp3) is 0.333. The van der Waals surface area contributed by atoms with Crippen LogP contribution in [0.1, 0.15) is 52.9 Å². The number of esters is 1. The van der Waals surface area contributed by atoms with Gasteiger partial charge >= 0.3 is 5.97 Å². The van der Waals surface area contributed by atoms with Gasteiger partial charge in [-0.1, -0.05) is 42.5 Å². The van der Waals surface area contributed by atoms with Crippen LogP contribution in [-0.2, 0) is 32.0 Å². The normalized spacial score (nSPS) is 18.6. The van der Waals surface area contributed by atoms with Gasteiger partial charge in [-0.15, -0.1) is 0 Å². The van der Waals surface area contributed by atoms with Crippen molar-refractivity contribution in [3.05, 3.63) is 70.8 Å². The van der Waals surface area contributed by atoms with Gasteiger partial charge in [-0.2, -0.15) is 0 Å². The van der Waals surface area contributed by atoms with Crippen molar-refractivity contribution < 1.29 is 23.9 Å². The Balaban J connectivity index is 1.35. The van der Waals surface area contributed by atoms with Gasteiger partial charge < -0.3 is 10.1 Å². The van der Waals surface area contributed by atoms with Crippen LogP contribution in [0, 0.1) is 0 Å². The zero-order valence-corrected chi connectivity index (χ0v) is 17.3. The molecule has 7 nitrogen and oxygen atoms in total. The quantitative estimate of drug-likeness (QED) is 0.592. The summed E-state index contributed by atoms with van der Waals surface area (Å²) >= 11 is 0. The van der Waals surface area contributed by atoms with Gasteiger partial charge in [0.15, 0.2) is 6.10 Å². The first-order chi connectivity index (χ1) is 14.9. The average molecular weight is 420 g/mol. The lowest BCUT2D eigenvalue weighted by Crippen LogP contribution is -2.46. The van der Waals surface area contributed by atoms with Crippen LogP contribution >= 0.6 is 0 Å². The Kier molecular flexibility index (Phi) is 5.84. The average Bonchev–Trinajstić information content (AvgIpc) is 2.77. The molecular formula is C24H24N2O5. The molecule has 1 heterocycles. The Bertz CT molecular complexity index is 1050. The Hall–Kier alpha value is -3.48. The van der Waals surface area contributed by atoms with Crippen molar-refractivity contribution in [3.63, 3.8) is 0 Å². The lowest BCUT2D eigenvalue weighted by Gasteiger charge is -2.28. The molecule has 0 aromatic heterocycles. The summed E-state index contributed by atoms with van der Waals surface area (Å²) in [4.78, 5) is 50.8. The second-order valence-electron chi connectivity index (χ2n) is 7.90. The molecule has 0 radical (unpaired) electrons. The summed E-state index contributed by atoms with van der Waals surface area (Å²) in [6.07, 6.45) is 1.78. The number of fused-ring (bicyclic) bond motifs is 2. The smallest absolute Gasteiger partial charge is 0.326 e. The van der Waals surface area contributed by atoms with Crippen LogP contribution in [0.2, 0.25) is 0 Å². The number of benzene rings is 2. The molecule has 2 aromatic carbocycles. The van der Waals surface area contributed by atoms with Crippen molar-refractivity contribution in [1.29, 1.82) is 0 Å². The van der Waals surface area contributed by atoms with Crippen molar-refractivity contribution in [1.82, 2.24) is 10.2 Å². The number of rotatable bonds is 5. The number of carbonyl (C=O) groups excluding carboxylic acids is 4. The van der Waals surface area contributed by atoms with Crippen LogP contribution in [0.4, 0.5) is 0 Å². The highest BCUT2D eigenvalue weighted by molar-refractivity contribution is 6.11. The fourth-order valence-electron chi connectivity index (χ4n) is 4.17. The van der Waals surface area contributed by atoms with Gasteiger partial charge in [0.05, 0.1) is 12.5 Å². The molecule has 1 N–H and O–H groups in total. The second kappa shape index (κ2) is 8.71. The third-order valence-corrected chi connectivity index (χ3v) is 5.79. The van der Waals surface area contributed by atoms with Crippen molar-refractivity contribution >= 4 is 23.7 Å². The SMILES string of the molecule is C[C@H](OC(=O)CN1C(=O)Cc2ccccc2C1=O)C(=O)N[C@@H]1CCCc2ccccc21. The number of hydrogen-bond acceptors (Lipinski definition) is 5. The zero-order valence-electron chi connectivity index (χ0n) is 17.3. The van der Waals surface area contributed by atoms with E-state index in [1.54, 1.807) is 24.3 Å². The minimum Gasteiger partial charge on any atom is -0.451 e. The minimum absolute atomic E-state index is 0.0479. The highest BCUT2D eigenvalue weighted by atomic mass is 16.5. The summed E-state index contributed by atoms with van der Waals surface area (Å²) in [6, 6.07) is 14.7. The van der Waals surface area contributed by atoms with Gasteiger partial charge in [0.1, 0.15) is 6.54 Å². The number of nitrogens with zero attached hydrogens (tertiary/aromatic N) is 1. The Morgan fingerprint density at radius 3 is 2.61 bits per heavy atom. The van der Waals surface area contributed by atoms with Crippen LogP contribution in [0.3, 0.4) is 0 Å². The maximum Gasteiger partial charge on any atom is 0.326 e. The minimum atomic E-state index is -1.04. The molecule has 0 unspecified atom stereocenters. The van der Waals surface area contributed by atoms with E-state index in [2.05, 4.69) is 11.4 Å². The third kappa shape index (κ3) is 4.35. The number of hydrogen-bond donors (Lipinski definition) is 1. The van der Waals surface area contributed by atoms with Crippen LogP contribution < -0.4 is 5.32 Å². The molecule has 0 bridgehead atoms. The molecule has 0 spiro atoms. The van der Waals surface area contributed by atoms with Crippen LogP contribution in [0.15, 0.2) is 48.5 Å². The van der Waals surface area contributed by atoms with Gasteiger partial charge in [-0.05, 0) is 48.9 Å². The van der Waals surface area contributed by atoms with E-state index < -0.39 is 36.3 Å². The molecule has 1 aliphatic heterocycles. The topological polar surface area (TPSA) is 92.8 Å². The van der Waals surface area contributed by atoms with Crippen molar-refractivity contribution in [2.24, 2.45) is 0 Å². The summed E-state index contributed by atoms with van der Waals surface area (Å²) in [5, 5.41) is 2.95. The number of amides is 3. The summed E-state index contributed by atoms with van der Waals surface area (Å²) in [5.41, 5.74) is 3.34. The number of aryl methyl sites for hydroxylation is 1. The first-order valence-electron chi connectivity index (χ1n) is 10.4. The largest absolute Gasteiger partial charge is 0.451 e. The lowest BCUT2D eigenvalue weighted by atomic mass is 9.87. The standard InChI is InChI=1S/C24H24N2O5/c1-15(23(29)25-20-12-6-9-16-7-2-4-10-18(16)20)31-22(28)14-26-21(27)13-17-8-3-5-11-19(17)24(26)30/h2-5,7-8,10-11,15,20H,6,9,12-14H2,1H3,(H,25,29)/t15-,20+/m0/s1. The molecule has 0 saturated carbocycles. The summed E-state index contributed by atoms with van der Waals surface area (Å²) < 4.78 is 5.23. The van der Waals surface area contributed by atoms with E-state index in [1.165, 1.54) is 12.5 Å². The van der Waals surface area contributed by atoms with E-state index in [9.17, 15) is 19.2 Å². The molecule has 4 rings (SSSR count). The molecular weight excluding hydrogens is 396 g/mol. The molecule has 2 aliphatic rings. The van der Waals surface area contributed by atoms with E-state index in [0.29, 0.717) is 11.1 Å². The predicted octanol–water partition coefficient (Wildman–Crippen LogP) is 2.34. The van der Waals surface area contributed by atoms with E-state index in [1.807, 2.05) is 18.2 Å². The van der Waals surface area contributed by atoms with E-state index in [4.69, 9.17) is 4.74 Å². The van der Waals surface area contributed by atoms with Gasteiger partial charge in [-0.3, -0.25) is 24.1 Å². The number of imide groups is 1. The van der Waals surface area contributed by atoms with Gasteiger partial charge in [0.2, 0.25) is 5.91 Å². The highest BCUT2D eigenvalue weighted by Gasteiger charge is 2.33. The van der Waals surface area contributed by atoms with Gasteiger partial charge in [0.25, 0.3) is 11.8 Å². The maximum absolute atomic E-state index is 12.6. The Morgan fingerprint density at radius 2 is 1.81 bits per heavy atom. The van der Waals surface area contributed by atoms with Crippen LogP contribution in [-0.4, -0.2) is 41.2 Å². The van der Waals surface area contributed by atoms with Gasteiger partial charge in [-0.25, -0.2) is 0 Å². The monoisotopic (exact) mass is 420 g/mol. The van der Waals surface area contributed by atoms with Crippen molar-refractivity contribution in [2.45, 2.75) is 44.8 Å². The third-order valence-electron chi connectivity index (χ3n) is 5.79. The summed E-state index contributed by atoms with van der Waals surface area (Å²) in [6.45, 7) is 0.965. The fourth-order valence-corrected chi connectivity index (χ4v) is 4.17. The zero-order chi connectivity index (χ0) is 22.0. The molecule has 0 saturated heterocycles. The number of carbonyl (C=O) groups is 4. The molecule has 1 aliphatic carbocycles. The molecule has 3 amide bonds. The summed E-state index contributed by atoms with van der Waals surface area (Å²) in [5.74, 6) is -2.19. The molecule has 2 atom stereocenters. The summed E-state index contributed by atoms with van der Waals surface area (Å²) in [7, 11) is 0. The van der Waals surface area contributed by atoms with Crippen LogP contribution in [0.5, 0.6) is 0 Å². The van der Waals surface area contributed by atoms with Crippen molar-refractivity contribution in [3.8, 4) is 0 Å². The Morgan fingerprint density at radius 1 is 1.10 bits per heavy atom. The van der Waals surface area contributed by atoms with Gasteiger partial charge in [0, 0.05) is 5.56 Å². The molecule has 7 heteroatoms. The first kappa shape index (κ1) is 20.8. The Labute approximate surface area is 180 Å². The van der Waals surface area contributed by atoms with E-state index in [-0.39, 0.29) is 12.5 Å². The lowest BCUT2D eigenvalue weighted by molar-refractivity contribution is -0.157. The molecule has 31 heavy (non-hydrogen) atoms. The number of nitrogens with one attached hydrogen (secondary N) is 1. The predicted molar refractivity (Wildman–Crippen MR) is 112 cm³/mol. The van der Waals surface area contributed by atoms with Crippen molar-refractivity contribution in [2.75, 3.05) is 6.54 Å². The van der Waals surface area contributed by atoms with E-state index >= 15 is 0 Å². The molecule has 2 aromatic rings. The first-order valence-corrected chi connectivity index (χ1v) is 10.4. The highest BCUT2D eigenvalue weighted by Crippen LogP contribution is 2.29. The molecule has 0 fully saturated rings. The maximum atomic E-state index is 12.6. The molecule has 160 valence electrons. The second-order valence-corrected chi connectivity index (χ2v) is 7.90. The number of ether oxygens (including phenoxy) is 1.